The summed E-state index contributed by atoms with van der Waals surface area (Å²) in [5, 5.41) is 19.4. The van der Waals surface area contributed by atoms with Crippen molar-refractivity contribution in [2.24, 2.45) is 0 Å². The lowest BCUT2D eigenvalue weighted by Crippen LogP contribution is -2.44. The van der Waals surface area contributed by atoms with Gasteiger partial charge >= 0.3 is 5.97 Å². The van der Waals surface area contributed by atoms with Gasteiger partial charge in [-0.25, -0.2) is 9.18 Å². The van der Waals surface area contributed by atoms with Gasteiger partial charge in [0.1, 0.15) is 11.9 Å². The van der Waals surface area contributed by atoms with Gasteiger partial charge in [0.05, 0.1) is 12.4 Å². The highest BCUT2D eigenvalue weighted by Gasteiger charge is 2.18. The van der Waals surface area contributed by atoms with E-state index in [0.29, 0.717) is 4.90 Å². The van der Waals surface area contributed by atoms with Crippen LogP contribution in [0.1, 0.15) is 0 Å². The highest BCUT2D eigenvalue weighted by atomic mass is 32.2. The molecule has 1 rings (SSSR count). The molecule has 1 unspecified atom stereocenters. The number of nitrogens with one attached hydrogen (secondary N) is 1. The molecule has 0 aliphatic carbocycles. The first-order valence-electron chi connectivity index (χ1n) is 5.05. The van der Waals surface area contributed by atoms with Crippen molar-refractivity contribution in [2.45, 2.75) is 10.9 Å². The summed E-state index contributed by atoms with van der Waals surface area (Å²) < 4.78 is 13.2. The van der Waals surface area contributed by atoms with Gasteiger partial charge in [0.25, 0.3) is 0 Å². The van der Waals surface area contributed by atoms with E-state index in [1.165, 1.54) is 18.2 Å². The Bertz CT molecular complexity index is 441. The minimum Gasteiger partial charge on any atom is -0.480 e. The number of carboxylic acids is 1. The molecule has 0 aromatic heterocycles. The van der Waals surface area contributed by atoms with Crippen LogP contribution in [0, 0.1) is 5.82 Å². The molecule has 0 spiro atoms. The Morgan fingerprint density at radius 3 is 2.61 bits per heavy atom. The smallest absolute Gasteiger partial charge is 0.328 e. The number of aliphatic hydroxyl groups is 1. The molecule has 1 atom stereocenters. The molecule has 1 aromatic rings. The first-order chi connectivity index (χ1) is 8.54. The first kappa shape index (κ1) is 14.5. The summed E-state index contributed by atoms with van der Waals surface area (Å²) in [5.41, 5.74) is 0. The van der Waals surface area contributed by atoms with E-state index in [0.717, 1.165) is 11.8 Å². The maximum absolute atomic E-state index is 13.2. The number of hydrogen-bond donors (Lipinski definition) is 3. The van der Waals surface area contributed by atoms with Crippen LogP contribution < -0.4 is 5.32 Å². The zero-order valence-electron chi connectivity index (χ0n) is 9.30. The van der Waals surface area contributed by atoms with Crippen LogP contribution in [0.5, 0.6) is 0 Å². The van der Waals surface area contributed by atoms with Crippen LogP contribution in [-0.2, 0) is 9.59 Å². The van der Waals surface area contributed by atoms with Crippen molar-refractivity contribution in [3.63, 3.8) is 0 Å². The fraction of sp³-hybridized carbons (Fsp3) is 0.273. The summed E-state index contributed by atoms with van der Waals surface area (Å²) in [4.78, 5) is 22.2. The first-order valence-corrected chi connectivity index (χ1v) is 6.03. The van der Waals surface area contributed by atoms with Gasteiger partial charge in [0, 0.05) is 4.90 Å². The Labute approximate surface area is 107 Å². The number of thioether (sulfide) groups is 1. The summed E-state index contributed by atoms with van der Waals surface area (Å²) in [7, 11) is 0. The van der Waals surface area contributed by atoms with Crippen LogP contribution in [0.4, 0.5) is 4.39 Å². The van der Waals surface area contributed by atoms with Gasteiger partial charge in [0.15, 0.2) is 0 Å². The van der Waals surface area contributed by atoms with Crippen LogP contribution in [0.3, 0.4) is 0 Å². The molecule has 0 aliphatic heterocycles. The molecular formula is C11H12FNO4S. The Hall–Kier alpha value is -1.60. The van der Waals surface area contributed by atoms with Crippen molar-refractivity contribution in [1.82, 2.24) is 5.32 Å². The molecule has 0 fully saturated rings. The molecule has 1 aromatic carbocycles. The summed E-state index contributed by atoms with van der Waals surface area (Å²) >= 11 is 0.958. The highest BCUT2D eigenvalue weighted by Crippen LogP contribution is 2.20. The third kappa shape index (κ3) is 4.34. The molecule has 18 heavy (non-hydrogen) atoms. The third-order valence-corrected chi connectivity index (χ3v) is 3.06. The second-order valence-electron chi connectivity index (χ2n) is 3.36. The van der Waals surface area contributed by atoms with Gasteiger partial charge in [-0.1, -0.05) is 12.1 Å². The Morgan fingerprint density at radius 1 is 1.39 bits per heavy atom. The quantitative estimate of drug-likeness (QED) is 0.656. The van der Waals surface area contributed by atoms with E-state index in [4.69, 9.17) is 10.2 Å². The van der Waals surface area contributed by atoms with Crippen molar-refractivity contribution in [1.29, 1.82) is 0 Å². The van der Waals surface area contributed by atoms with Crippen LogP contribution in [0.2, 0.25) is 0 Å². The molecule has 5 nitrogen and oxygen atoms in total. The van der Waals surface area contributed by atoms with E-state index in [2.05, 4.69) is 5.32 Å². The number of halogens is 1. The van der Waals surface area contributed by atoms with E-state index in [1.807, 2.05) is 0 Å². The molecule has 98 valence electrons. The van der Waals surface area contributed by atoms with Crippen LogP contribution in [0.25, 0.3) is 0 Å². The van der Waals surface area contributed by atoms with E-state index in [9.17, 15) is 14.0 Å². The molecule has 0 radical (unpaired) electrons. The number of amides is 1. The highest BCUT2D eigenvalue weighted by molar-refractivity contribution is 8.00. The lowest BCUT2D eigenvalue weighted by atomic mass is 10.3. The largest absolute Gasteiger partial charge is 0.480 e. The fourth-order valence-electron chi connectivity index (χ4n) is 1.13. The van der Waals surface area contributed by atoms with Gasteiger partial charge in [0.2, 0.25) is 5.91 Å². The number of carbonyl (C=O) groups is 2. The Morgan fingerprint density at radius 2 is 2.06 bits per heavy atom. The van der Waals surface area contributed by atoms with Crippen LogP contribution >= 0.6 is 11.8 Å². The van der Waals surface area contributed by atoms with Crippen molar-refractivity contribution in [3.05, 3.63) is 30.1 Å². The molecular weight excluding hydrogens is 261 g/mol. The molecule has 0 bridgehead atoms. The lowest BCUT2D eigenvalue weighted by molar-refractivity contribution is -0.142. The van der Waals surface area contributed by atoms with Crippen molar-refractivity contribution in [3.8, 4) is 0 Å². The number of benzene rings is 1. The summed E-state index contributed by atoms with van der Waals surface area (Å²) in [6.45, 7) is -0.689. The zero-order valence-corrected chi connectivity index (χ0v) is 10.1. The Balaban J connectivity index is 2.47. The molecule has 1 amide bonds. The monoisotopic (exact) mass is 273 g/mol. The van der Waals surface area contributed by atoms with Gasteiger partial charge in [-0.05, 0) is 12.1 Å². The maximum Gasteiger partial charge on any atom is 0.328 e. The summed E-state index contributed by atoms with van der Waals surface area (Å²) in [6, 6.07) is 4.63. The normalized spacial score (nSPS) is 11.9. The van der Waals surface area contributed by atoms with Crippen molar-refractivity contribution in [2.75, 3.05) is 12.4 Å². The average Bonchev–Trinajstić information content (AvgIpc) is 2.34. The topological polar surface area (TPSA) is 86.6 Å². The minimum absolute atomic E-state index is 0.120. The molecule has 0 saturated heterocycles. The number of hydrogen-bond acceptors (Lipinski definition) is 4. The SMILES string of the molecule is O=C(CSc1ccccc1F)NC(CO)C(=O)O. The summed E-state index contributed by atoms with van der Waals surface area (Å²) in [6.07, 6.45) is 0. The minimum atomic E-state index is -1.33. The average molecular weight is 273 g/mol. The third-order valence-electron chi connectivity index (χ3n) is 2.01. The number of aliphatic hydroxyl groups excluding tert-OH is 1. The predicted molar refractivity (Wildman–Crippen MR) is 63.8 cm³/mol. The second-order valence-corrected chi connectivity index (χ2v) is 4.38. The van der Waals surface area contributed by atoms with Crippen molar-refractivity contribution < 1.29 is 24.2 Å². The van der Waals surface area contributed by atoms with E-state index < -0.39 is 30.3 Å². The standard InChI is InChI=1S/C11H12FNO4S/c12-7-3-1-2-4-9(7)18-6-10(15)13-8(5-14)11(16)17/h1-4,8,14H,5-6H2,(H,13,15)(H,16,17). The molecule has 0 saturated carbocycles. The van der Waals surface area contributed by atoms with Crippen molar-refractivity contribution >= 4 is 23.6 Å². The van der Waals surface area contributed by atoms with E-state index in [-0.39, 0.29) is 5.75 Å². The fourth-order valence-corrected chi connectivity index (χ4v) is 1.88. The van der Waals surface area contributed by atoms with Gasteiger partial charge in [-0.2, -0.15) is 0 Å². The molecule has 7 heteroatoms. The maximum atomic E-state index is 13.2. The number of carboxylic acid groups (broad SMARTS) is 1. The van der Waals surface area contributed by atoms with Gasteiger partial charge in [-0.15, -0.1) is 11.8 Å². The predicted octanol–water partition coefficient (Wildman–Crippen LogP) is 0.479. The molecule has 0 aliphatic rings. The number of rotatable bonds is 6. The summed E-state index contributed by atoms with van der Waals surface area (Å²) in [5.74, 6) is -2.45. The molecule has 3 N–H and O–H groups in total. The Kier molecular flexibility index (Phi) is 5.60. The van der Waals surface area contributed by atoms with E-state index in [1.54, 1.807) is 6.07 Å². The second kappa shape index (κ2) is 6.97. The van der Waals surface area contributed by atoms with E-state index >= 15 is 0 Å². The van der Waals surface area contributed by atoms with Crippen LogP contribution in [-0.4, -0.2) is 40.5 Å². The lowest BCUT2D eigenvalue weighted by Gasteiger charge is -2.11. The number of aliphatic carboxylic acids is 1. The van der Waals surface area contributed by atoms with Gasteiger partial charge < -0.3 is 15.5 Å². The molecule has 0 heterocycles. The van der Waals surface area contributed by atoms with Gasteiger partial charge in [-0.3, -0.25) is 4.79 Å². The number of carbonyl (C=O) groups excluding carboxylic acids is 1. The van der Waals surface area contributed by atoms with Crippen LogP contribution in [0.15, 0.2) is 29.2 Å². The zero-order chi connectivity index (χ0) is 13.5.